The van der Waals surface area contributed by atoms with Gasteiger partial charge in [0, 0.05) is 0 Å². The van der Waals surface area contributed by atoms with Gasteiger partial charge in [0.25, 0.3) is 0 Å². The summed E-state index contributed by atoms with van der Waals surface area (Å²) in [6.45, 7) is 1.89. The lowest BCUT2D eigenvalue weighted by Crippen LogP contribution is -2.09. The van der Waals surface area contributed by atoms with Gasteiger partial charge >= 0.3 is 0 Å². The van der Waals surface area contributed by atoms with E-state index in [1.807, 2.05) is 6.92 Å². The number of hydrogen-bond acceptors (Lipinski definition) is 2. The maximum absolute atomic E-state index is 10.9. The Morgan fingerprint density at radius 2 is 2.00 bits per heavy atom. The second-order valence-electron chi connectivity index (χ2n) is 2.86. The van der Waals surface area contributed by atoms with E-state index in [-0.39, 0.29) is 0 Å². The van der Waals surface area contributed by atoms with Gasteiger partial charge in [-0.25, -0.2) is 8.42 Å². The minimum atomic E-state index is -3.25. The molecule has 0 radical (unpaired) electrons. The Balaban J connectivity index is 3.04. The standard InChI is InChI=1S/C8H10ClNO2S/c1-6-3-4-8(7(9)5-6)10-13(2,11)12/h3-5,10H,1-2H3. The molecular formula is C8H10ClNO2S. The summed E-state index contributed by atoms with van der Waals surface area (Å²) < 4.78 is 24.1. The third kappa shape index (κ3) is 3.24. The van der Waals surface area contributed by atoms with Crippen LogP contribution in [0.5, 0.6) is 0 Å². The van der Waals surface area contributed by atoms with E-state index in [0.717, 1.165) is 11.8 Å². The van der Waals surface area contributed by atoms with Crippen molar-refractivity contribution in [3.8, 4) is 0 Å². The van der Waals surface area contributed by atoms with Gasteiger partial charge in [-0.15, -0.1) is 0 Å². The molecule has 0 fully saturated rings. The van der Waals surface area contributed by atoms with Crippen LogP contribution >= 0.6 is 11.6 Å². The van der Waals surface area contributed by atoms with Gasteiger partial charge in [-0.3, -0.25) is 4.72 Å². The van der Waals surface area contributed by atoms with Crippen LogP contribution in [-0.4, -0.2) is 14.7 Å². The molecule has 0 spiro atoms. The molecule has 1 aromatic rings. The molecule has 0 saturated heterocycles. The predicted octanol–water partition coefficient (Wildman–Crippen LogP) is 2.02. The van der Waals surface area contributed by atoms with Crippen molar-refractivity contribution >= 4 is 27.3 Å². The summed E-state index contributed by atoms with van der Waals surface area (Å²) in [6.07, 6.45) is 1.09. The third-order valence-electron chi connectivity index (χ3n) is 1.42. The van der Waals surface area contributed by atoms with Gasteiger partial charge in [0.05, 0.1) is 17.0 Å². The van der Waals surface area contributed by atoms with Gasteiger partial charge in [0.15, 0.2) is 0 Å². The zero-order valence-corrected chi connectivity index (χ0v) is 8.91. The van der Waals surface area contributed by atoms with Gasteiger partial charge in [-0.05, 0) is 24.6 Å². The van der Waals surface area contributed by atoms with Crippen LogP contribution in [0.15, 0.2) is 18.2 Å². The zero-order valence-electron chi connectivity index (χ0n) is 7.33. The summed E-state index contributed by atoms with van der Waals surface area (Å²) in [5.41, 5.74) is 1.40. The Kier molecular flexibility index (Phi) is 2.83. The molecule has 0 aromatic heterocycles. The molecule has 0 aliphatic heterocycles. The first-order valence-corrected chi connectivity index (χ1v) is 5.89. The second kappa shape index (κ2) is 3.55. The van der Waals surface area contributed by atoms with E-state index in [4.69, 9.17) is 11.6 Å². The van der Waals surface area contributed by atoms with Crippen LogP contribution in [0.2, 0.25) is 5.02 Å². The smallest absolute Gasteiger partial charge is 0.229 e. The van der Waals surface area contributed by atoms with E-state index in [1.165, 1.54) is 0 Å². The molecule has 5 heteroatoms. The molecule has 0 saturated carbocycles. The van der Waals surface area contributed by atoms with Crippen LogP contribution < -0.4 is 4.72 Å². The molecule has 72 valence electrons. The minimum Gasteiger partial charge on any atom is -0.282 e. The first kappa shape index (κ1) is 10.3. The highest BCUT2D eigenvalue weighted by Crippen LogP contribution is 2.23. The average molecular weight is 220 g/mol. The van der Waals surface area contributed by atoms with E-state index in [0.29, 0.717) is 10.7 Å². The van der Waals surface area contributed by atoms with E-state index in [9.17, 15) is 8.42 Å². The quantitative estimate of drug-likeness (QED) is 0.827. The molecule has 1 aromatic carbocycles. The lowest BCUT2D eigenvalue weighted by molar-refractivity contribution is 0.607. The lowest BCUT2D eigenvalue weighted by Gasteiger charge is -2.06. The first-order valence-electron chi connectivity index (χ1n) is 3.62. The molecule has 0 unspecified atom stereocenters. The summed E-state index contributed by atoms with van der Waals surface area (Å²) in [5.74, 6) is 0. The van der Waals surface area contributed by atoms with Gasteiger partial charge < -0.3 is 0 Å². The van der Waals surface area contributed by atoms with Crippen LogP contribution in [0.4, 0.5) is 5.69 Å². The molecule has 0 heterocycles. The summed E-state index contributed by atoms with van der Waals surface area (Å²) in [7, 11) is -3.25. The van der Waals surface area contributed by atoms with Crippen LogP contribution in [0.1, 0.15) is 5.56 Å². The summed E-state index contributed by atoms with van der Waals surface area (Å²) in [4.78, 5) is 0. The number of hydrogen-bond donors (Lipinski definition) is 1. The number of sulfonamides is 1. The lowest BCUT2D eigenvalue weighted by atomic mass is 10.2. The highest BCUT2D eigenvalue weighted by molar-refractivity contribution is 7.92. The molecule has 0 bridgehead atoms. The van der Waals surface area contributed by atoms with Crippen LogP contribution in [0, 0.1) is 6.92 Å². The Hall–Kier alpha value is -0.740. The van der Waals surface area contributed by atoms with Crippen molar-refractivity contribution in [2.45, 2.75) is 6.92 Å². The molecule has 0 aliphatic carbocycles. The molecule has 0 amide bonds. The Bertz CT molecular complexity index is 414. The van der Waals surface area contributed by atoms with Crippen LogP contribution in [0.25, 0.3) is 0 Å². The van der Waals surface area contributed by atoms with Crippen LogP contribution in [0.3, 0.4) is 0 Å². The van der Waals surface area contributed by atoms with E-state index < -0.39 is 10.0 Å². The highest BCUT2D eigenvalue weighted by Gasteiger charge is 2.05. The molecule has 13 heavy (non-hydrogen) atoms. The number of benzene rings is 1. The fraction of sp³-hybridized carbons (Fsp3) is 0.250. The topological polar surface area (TPSA) is 46.2 Å². The minimum absolute atomic E-state index is 0.408. The SMILES string of the molecule is Cc1ccc(NS(C)(=O)=O)c(Cl)c1. The number of halogens is 1. The van der Waals surface area contributed by atoms with E-state index in [1.54, 1.807) is 18.2 Å². The first-order chi connectivity index (χ1) is 5.88. The maximum Gasteiger partial charge on any atom is 0.229 e. The summed E-state index contributed by atoms with van der Waals surface area (Å²) in [5, 5.41) is 0.408. The number of anilines is 1. The molecule has 3 nitrogen and oxygen atoms in total. The van der Waals surface area contributed by atoms with Crippen molar-refractivity contribution in [2.75, 3.05) is 11.0 Å². The fourth-order valence-electron chi connectivity index (χ4n) is 0.903. The Labute approximate surface area is 82.8 Å². The largest absolute Gasteiger partial charge is 0.282 e. The number of rotatable bonds is 2. The van der Waals surface area contributed by atoms with E-state index in [2.05, 4.69) is 4.72 Å². The van der Waals surface area contributed by atoms with Gasteiger partial charge in [0.1, 0.15) is 0 Å². The number of aryl methyl sites for hydroxylation is 1. The van der Waals surface area contributed by atoms with Crippen molar-refractivity contribution in [2.24, 2.45) is 0 Å². The molecular weight excluding hydrogens is 210 g/mol. The highest BCUT2D eigenvalue weighted by atomic mass is 35.5. The third-order valence-corrected chi connectivity index (χ3v) is 2.32. The van der Waals surface area contributed by atoms with Crippen LogP contribution in [-0.2, 0) is 10.0 Å². The van der Waals surface area contributed by atoms with Crippen molar-refractivity contribution < 1.29 is 8.42 Å². The van der Waals surface area contributed by atoms with Gasteiger partial charge in [-0.2, -0.15) is 0 Å². The van der Waals surface area contributed by atoms with Crippen molar-refractivity contribution in [3.05, 3.63) is 28.8 Å². The van der Waals surface area contributed by atoms with Gasteiger partial charge in [0.2, 0.25) is 10.0 Å². The Morgan fingerprint density at radius 3 is 2.46 bits per heavy atom. The van der Waals surface area contributed by atoms with Crippen molar-refractivity contribution in [1.29, 1.82) is 0 Å². The zero-order chi connectivity index (χ0) is 10.1. The van der Waals surface area contributed by atoms with E-state index >= 15 is 0 Å². The van der Waals surface area contributed by atoms with Gasteiger partial charge in [-0.1, -0.05) is 17.7 Å². The van der Waals surface area contributed by atoms with Crippen molar-refractivity contribution in [1.82, 2.24) is 0 Å². The Morgan fingerprint density at radius 1 is 1.38 bits per heavy atom. The average Bonchev–Trinajstić information content (AvgIpc) is 1.93. The monoisotopic (exact) mass is 219 g/mol. The molecule has 1 N–H and O–H groups in total. The molecule has 0 aliphatic rings. The molecule has 0 atom stereocenters. The normalized spacial score (nSPS) is 11.3. The summed E-state index contributed by atoms with van der Waals surface area (Å²) in [6, 6.07) is 5.13. The predicted molar refractivity (Wildman–Crippen MR) is 54.7 cm³/mol. The summed E-state index contributed by atoms with van der Waals surface area (Å²) >= 11 is 5.81. The number of nitrogens with one attached hydrogen (secondary N) is 1. The van der Waals surface area contributed by atoms with Crippen molar-refractivity contribution in [3.63, 3.8) is 0 Å². The maximum atomic E-state index is 10.9. The second-order valence-corrected chi connectivity index (χ2v) is 5.01. The fourth-order valence-corrected chi connectivity index (χ4v) is 1.82. The molecule has 1 rings (SSSR count).